The zero-order valence-corrected chi connectivity index (χ0v) is 11.6. The number of primary amides is 1. The molecule has 0 aromatic rings. The van der Waals surface area contributed by atoms with Crippen molar-refractivity contribution in [3.63, 3.8) is 0 Å². The van der Waals surface area contributed by atoms with Gasteiger partial charge in [0, 0.05) is 25.2 Å². The largest absolute Gasteiger partial charge is 0.368 e. The van der Waals surface area contributed by atoms with Crippen molar-refractivity contribution in [2.75, 3.05) is 33.7 Å². The van der Waals surface area contributed by atoms with E-state index in [0.717, 1.165) is 26.1 Å². The fourth-order valence-electron chi connectivity index (χ4n) is 2.59. The van der Waals surface area contributed by atoms with Crippen molar-refractivity contribution in [2.45, 2.75) is 43.8 Å². The summed E-state index contributed by atoms with van der Waals surface area (Å²) in [5.41, 5.74) is 5.44. The lowest BCUT2D eigenvalue weighted by atomic mass is 10.2. The zero-order valence-electron chi connectivity index (χ0n) is 11.6. The molecule has 0 aromatic heterocycles. The van der Waals surface area contributed by atoms with Gasteiger partial charge in [-0.25, -0.2) is 0 Å². The van der Waals surface area contributed by atoms with Crippen molar-refractivity contribution in [3.05, 3.63) is 0 Å². The summed E-state index contributed by atoms with van der Waals surface area (Å²) in [6, 6.07) is 1.06. The first-order valence-electron chi connectivity index (χ1n) is 7.00. The number of hydrogen-bond acceptors (Lipinski definition) is 4. The van der Waals surface area contributed by atoms with E-state index in [-0.39, 0.29) is 11.9 Å². The summed E-state index contributed by atoms with van der Waals surface area (Å²) >= 11 is 0. The topological polar surface area (TPSA) is 61.6 Å². The van der Waals surface area contributed by atoms with Crippen LogP contribution in [0.25, 0.3) is 0 Å². The van der Waals surface area contributed by atoms with E-state index >= 15 is 0 Å². The lowest BCUT2D eigenvalue weighted by molar-refractivity contribution is -0.120. The molecule has 1 saturated heterocycles. The molecule has 0 radical (unpaired) electrons. The second-order valence-electron chi connectivity index (χ2n) is 5.89. The number of likely N-dealkylation sites (tertiary alicyclic amines) is 1. The van der Waals surface area contributed by atoms with Crippen LogP contribution >= 0.6 is 0 Å². The average Bonchev–Trinajstić information content (AvgIpc) is 2.99. The molecule has 0 spiro atoms. The van der Waals surface area contributed by atoms with E-state index in [2.05, 4.69) is 29.2 Å². The Morgan fingerprint density at radius 2 is 2.17 bits per heavy atom. The number of nitrogens with one attached hydrogen (secondary N) is 1. The molecule has 0 aromatic carbocycles. The summed E-state index contributed by atoms with van der Waals surface area (Å²) in [4.78, 5) is 16.1. The number of carbonyl (C=O) groups excluding carboxylic acids is 1. The van der Waals surface area contributed by atoms with Gasteiger partial charge in [0.2, 0.25) is 5.91 Å². The number of rotatable bonds is 7. The van der Waals surface area contributed by atoms with Crippen LogP contribution in [0.5, 0.6) is 0 Å². The van der Waals surface area contributed by atoms with E-state index in [0.29, 0.717) is 12.1 Å². The van der Waals surface area contributed by atoms with Crippen LogP contribution in [0.4, 0.5) is 0 Å². The van der Waals surface area contributed by atoms with Crippen LogP contribution in [0.1, 0.15) is 25.7 Å². The van der Waals surface area contributed by atoms with Gasteiger partial charge in [-0.3, -0.25) is 4.79 Å². The highest BCUT2D eigenvalue weighted by molar-refractivity contribution is 5.79. The van der Waals surface area contributed by atoms with Gasteiger partial charge in [-0.05, 0) is 46.3 Å². The van der Waals surface area contributed by atoms with Crippen molar-refractivity contribution in [1.29, 1.82) is 0 Å². The first-order valence-corrected chi connectivity index (χ1v) is 7.00. The minimum Gasteiger partial charge on any atom is -0.368 e. The molecule has 104 valence electrons. The molecule has 3 N–H and O–H groups in total. The standard InChI is InChI=1S/C13H26N4O/c1-16(2)11-5-7-17(9-11)8-6-12(13(14)18)15-10-3-4-10/h10-12,15H,3-9H2,1-2H3,(H2,14,18). The number of hydrogen-bond donors (Lipinski definition) is 2. The number of nitrogens with two attached hydrogens (primary N) is 1. The van der Waals surface area contributed by atoms with Crippen molar-refractivity contribution < 1.29 is 4.79 Å². The Morgan fingerprint density at radius 3 is 2.67 bits per heavy atom. The maximum atomic E-state index is 11.4. The van der Waals surface area contributed by atoms with Crippen molar-refractivity contribution in [3.8, 4) is 0 Å². The molecule has 1 heterocycles. The minimum atomic E-state index is -0.203. The molecular weight excluding hydrogens is 228 g/mol. The van der Waals surface area contributed by atoms with Gasteiger partial charge in [-0.15, -0.1) is 0 Å². The summed E-state index contributed by atoms with van der Waals surface area (Å²) in [6.07, 6.45) is 4.45. The summed E-state index contributed by atoms with van der Waals surface area (Å²) in [7, 11) is 4.27. The molecule has 2 fully saturated rings. The van der Waals surface area contributed by atoms with Crippen LogP contribution in [0.3, 0.4) is 0 Å². The van der Waals surface area contributed by atoms with Crippen LogP contribution in [0.2, 0.25) is 0 Å². The van der Waals surface area contributed by atoms with Crippen molar-refractivity contribution >= 4 is 5.91 Å². The van der Waals surface area contributed by atoms with E-state index in [1.165, 1.54) is 19.3 Å². The van der Waals surface area contributed by atoms with Crippen LogP contribution in [-0.2, 0) is 4.79 Å². The van der Waals surface area contributed by atoms with Gasteiger partial charge in [-0.2, -0.15) is 0 Å². The van der Waals surface area contributed by atoms with E-state index in [4.69, 9.17) is 5.73 Å². The fraction of sp³-hybridized carbons (Fsp3) is 0.923. The molecule has 5 nitrogen and oxygen atoms in total. The summed E-state index contributed by atoms with van der Waals surface area (Å²) in [6.45, 7) is 3.22. The van der Waals surface area contributed by atoms with Crippen LogP contribution in [0.15, 0.2) is 0 Å². The highest BCUT2D eigenvalue weighted by atomic mass is 16.1. The Balaban J connectivity index is 1.70. The Kier molecular flexibility index (Phi) is 4.59. The SMILES string of the molecule is CN(C)C1CCN(CCC(NC2CC2)C(N)=O)C1. The van der Waals surface area contributed by atoms with Gasteiger partial charge in [0.15, 0.2) is 0 Å². The quantitative estimate of drug-likeness (QED) is 0.650. The summed E-state index contributed by atoms with van der Waals surface area (Å²) in [5, 5.41) is 3.34. The number of nitrogens with zero attached hydrogens (tertiary/aromatic N) is 2. The summed E-state index contributed by atoms with van der Waals surface area (Å²) < 4.78 is 0. The molecule has 0 bridgehead atoms. The molecule has 18 heavy (non-hydrogen) atoms. The highest BCUT2D eigenvalue weighted by Crippen LogP contribution is 2.20. The zero-order chi connectivity index (χ0) is 13.1. The highest BCUT2D eigenvalue weighted by Gasteiger charge is 2.29. The molecule has 1 aliphatic carbocycles. The van der Waals surface area contributed by atoms with Gasteiger partial charge in [0.1, 0.15) is 0 Å². The van der Waals surface area contributed by atoms with Crippen molar-refractivity contribution in [2.24, 2.45) is 5.73 Å². The molecule has 2 atom stereocenters. The maximum absolute atomic E-state index is 11.4. The van der Waals surface area contributed by atoms with E-state index in [9.17, 15) is 4.79 Å². The molecular formula is C13H26N4O. The van der Waals surface area contributed by atoms with Gasteiger partial charge >= 0.3 is 0 Å². The van der Waals surface area contributed by atoms with Crippen LogP contribution < -0.4 is 11.1 Å². The normalized spacial score (nSPS) is 26.7. The van der Waals surface area contributed by atoms with Crippen molar-refractivity contribution in [1.82, 2.24) is 15.1 Å². The third-order valence-electron chi connectivity index (χ3n) is 4.07. The van der Waals surface area contributed by atoms with Gasteiger partial charge in [0.05, 0.1) is 6.04 Å². The first kappa shape index (κ1) is 13.8. The lowest BCUT2D eigenvalue weighted by Crippen LogP contribution is -2.44. The number of amides is 1. The number of likely N-dealkylation sites (N-methyl/N-ethyl adjacent to an activating group) is 1. The molecule has 1 aliphatic heterocycles. The molecule has 5 heteroatoms. The number of carbonyl (C=O) groups is 1. The Morgan fingerprint density at radius 1 is 1.44 bits per heavy atom. The molecule has 2 rings (SSSR count). The molecule has 1 amide bonds. The lowest BCUT2D eigenvalue weighted by Gasteiger charge is -2.22. The van der Waals surface area contributed by atoms with Gasteiger partial charge < -0.3 is 20.9 Å². The fourth-order valence-corrected chi connectivity index (χ4v) is 2.59. The van der Waals surface area contributed by atoms with E-state index in [1.807, 2.05) is 0 Å². The average molecular weight is 254 g/mol. The molecule has 2 unspecified atom stereocenters. The van der Waals surface area contributed by atoms with Gasteiger partial charge in [-0.1, -0.05) is 0 Å². The smallest absolute Gasteiger partial charge is 0.234 e. The second-order valence-corrected chi connectivity index (χ2v) is 5.89. The first-order chi connectivity index (χ1) is 8.56. The second kappa shape index (κ2) is 5.99. The molecule has 2 aliphatic rings. The predicted octanol–water partition coefficient (Wildman–Crippen LogP) is -0.382. The van der Waals surface area contributed by atoms with E-state index in [1.54, 1.807) is 0 Å². The Hall–Kier alpha value is -0.650. The monoisotopic (exact) mass is 254 g/mol. The predicted molar refractivity (Wildman–Crippen MR) is 72.3 cm³/mol. The Bertz CT molecular complexity index is 291. The Labute approximate surface area is 110 Å². The third-order valence-corrected chi connectivity index (χ3v) is 4.07. The van der Waals surface area contributed by atoms with Gasteiger partial charge in [0.25, 0.3) is 0 Å². The third kappa shape index (κ3) is 3.93. The minimum absolute atomic E-state index is 0.143. The maximum Gasteiger partial charge on any atom is 0.234 e. The van der Waals surface area contributed by atoms with Crippen LogP contribution in [-0.4, -0.2) is 67.6 Å². The summed E-state index contributed by atoms with van der Waals surface area (Å²) in [5.74, 6) is -0.203. The van der Waals surface area contributed by atoms with Crippen LogP contribution in [0, 0.1) is 0 Å². The van der Waals surface area contributed by atoms with E-state index < -0.39 is 0 Å². The molecule has 1 saturated carbocycles.